The normalized spacial score (nSPS) is 18.4. The van der Waals surface area contributed by atoms with E-state index in [1.165, 1.54) is 17.2 Å². The van der Waals surface area contributed by atoms with Crippen molar-refractivity contribution < 1.29 is 14.4 Å². The highest BCUT2D eigenvalue weighted by atomic mass is 35.5. The van der Waals surface area contributed by atoms with Crippen molar-refractivity contribution in [3.8, 4) is 0 Å². The van der Waals surface area contributed by atoms with Gasteiger partial charge in [-0.15, -0.1) is 24.8 Å². The zero-order valence-electron chi connectivity index (χ0n) is 15.3. The van der Waals surface area contributed by atoms with Crippen LogP contribution in [0.2, 0.25) is 5.02 Å². The molecule has 29 heavy (non-hydrogen) atoms. The number of anilines is 1. The molecule has 10 heteroatoms. The van der Waals surface area contributed by atoms with Crippen LogP contribution in [0.25, 0.3) is 6.08 Å². The minimum Gasteiger partial charge on any atom is -0.363 e. The molecule has 1 aromatic heterocycles. The molecule has 0 bridgehead atoms. The summed E-state index contributed by atoms with van der Waals surface area (Å²) in [6.45, 7) is 1.70. The van der Waals surface area contributed by atoms with Crippen LogP contribution in [0.3, 0.4) is 0 Å². The zero-order chi connectivity index (χ0) is 19.3. The van der Waals surface area contributed by atoms with Crippen LogP contribution in [0.15, 0.2) is 48.4 Å². The number of amides is 1. The maximum Gasteiger partial charge on any atom is 0.303 e. The first kappa shape index (κ1) is 25.1. The Morgan fingerprint density at radius 1 is 1.28 bits per heavy atom. The number of carbonyl (C=O) groups is 1. The highest BCUT2D eigenvalue weighted by Gasteiger charge is 2.34. The third-order valence-electron chi connectivity index (χ3n) is 4.49. The predicted molar refractivity (Wildman–Crippen MR) is 117 cm³/mol. The Kier molecular flexibility index (Phi) is 9.82. The first-order chi connectivity index (χ1) is 13.0. The number of pyridine rings is 1. The smallest absolute Gasteiger partial charge is 0.303 e. The Hall–Kier alpha value is -1.90. The van der Waals surface area contributed by atoms with Crippen molar-refractivity contribution in [1.29, 1.82) is 0 Å². The number of hydrogen-bond donors (Lipinski definition) is 4. The number of aromatic nitrogens is 1. The summed E-state index contributed by atoms with van der Waals surface area (Å²) in [5, 5.41) is 16.0. The van der Waals surface area contributed by atoms with Gasteiger partial charge in [-0.25, -0.2) is 14.9 Å². The molecule has 1 aromatic carbocycles. The molecule has 2 heterocycles. The van der Waals surface area contributed by atoms with E-state index in [2.05, 4.69) is 15.6 Å². The van der Waals surface area contributed by atoms with E-state index in [1.54, 1.807) is 12.1 Å². The van der Waals surface area contributed by atoms with Gasteiger partial charge in [0.2, 0.25) is 0 Å². The number of hydrogen-bond acceptors (Lipinski definition) is 5. The summed E-state index contributed by atoms with van der Waals surface area (Å²) in [7, 11) is 0. The van der Waals surface area contributed by atoms with Crippen LogP contribution >= 0.6 is 36.4 Å². The van der Waals surface area contributed by atoms with Gasteiger partial charge in [0.25, 0.3) is 0 Å². The van der Waals surface area contributed by atoms with Gasteiger partial charge in [-0.1, -0.05) is 23.7 Å². The fourth-order valence-electron chi connectivity index (χ4n) is 3.14. The molecule has 158 valence electrons. The fourth-order valence-corrected chi connectivity index (χ4v) is 3.27. The number of rotatable bonds is 6. The summed E-state index contributed by atoms with van der Waals surface area (Å²) < 4.78 is 13.5. The van der Waals surface area contributed by atoms with Crippen LogP contribution in [0.5, 0.6) is 0 Å². The molecule has 1 fully saturated rings. The van der Waals surface area contributed by atoms with Crippen molar-refractivity contribution in [3.05, 3.63) is 64.6 Å². The number of carbonyl (C=O) groups excluding carboxylic acids is 1. The molecular weight excluding hydrogens is 442 g/mol. The summed E-state index contributed by atoms with van der Waals surface area (Å²) >= 11 is 5.96. The lowest BCUT2D eigenvalue weighted by Crippen LogP contribution is -2.43. The SMILES string of the molecule is Cl.Cl.O=C(NO)/C(F)=C/c1ccc(N[C@]2(Cc3ccc(Cl)cc3)CCNC2)nc1. The van der Waals surface area contributed by atoms with Crippen molar-refractivity contribution in [2.45, 2.75) is 18.4 Å². The van der Waals surface area contributed by atoms with Crippen molar-refractivity contribution in [2.75, 3.05) is 18.4 Å². The van der Waals surface area contributed by atoms with E-state index in [1.807, 2.05) is 24.3 Å². The molecular formula is C19H22Cl3FN4O2. The van der Waals surface area contributed by atoms with E-state index >= 15 is 0 Å². The lowest BCUT2D eigenvalue weighted by Gasteiger charge is -2.30. The quantitative estimate of drug-likeness (QED) is 0.298. The number of benzene rings is 1. The van der Waals surface area contributed by atoms with Gasteiger partial charge < -0.3 is 10.6 Å². The molecule has 1 atom stereocenters. The summed E-state index contributed by atoms with van der Waals surface area (Å²) in [6, 6.07) is 11.2. The molecule has 4 N–H and O–H groups in total. The van der Waals surface area contributed by atoms with E-state index in [9.17, 15) is 9.18 Å². The summed E-state index contributed by atoms with van der Waals surface area (Å²) in [6.07, 6.45) is 4.21. The third-order valence-corrected chi connectivity index (χ3v) is 4.74. The minimum absolute atomic E-state index is 0. The molecule has 1 saturated heterocycles. The first-order valence-corrected chi connectivity index (χ1v) is 8.88. The molecule has 1 aliphatic heterocycles. The average molecular weight is 464 g/mol. The van der Waals surface area contributed by atoms with E-state index in [0.717, 1.165) is 32.0 Å². The number of halogens is 4. The van der Waals surface area contributed by atoms with Crippen LogP contribution in [-0.4, -0.2) is 34.7 Å². The molecule has 0 radical (unpaired) electrons. The summed E-state index contributed by atoms with van der Waals surface area (Å²) in [4.78, 5) is 15.3. The van der Waals surface area contributed by atoms with Crippen LogP contribution in [0, 0.1) is 0 Å². The second-order valence-corrected chi connectivity index (χ2v) is 6.98. The molecule has 0 saturated carbocycles. The molecule has 1 amide bonds. The second kappa shape index (κ2) is 11.3. The maximum atomic E-state index is 13.5. The zero-order valence-corrected chi connectivity index (χ0v) is 17.7. The topological polar surface area (TPSA) is 86.3 Å². The van der Waals surface area contributed by atoms with Crippen molar-refractivity contribution >= 4 is 54.2 Å². The molecule has 0 spiro atoms. The lowest BCUT2D eigenvalue weighted by molar-refractivity contribution is -0.126. The lowest BCUT2D eigenvalue weighted by atomic mass is 9.89. The Balaban J connectivity index is 0.00000210. The predicted octanol–water partition coefficient (Wildman–Crippen LogP) is 3.78. The van der Waals surface area contributed by atoms with Crippen molar-refractivity contribution in [3.63, 3.8) is 0 Å². The highest BCUT2D eigenvalue weighted by Crippen LogP contribution is 2.26. The first-order valence-electron chi connectivity index (χ1n) is 8.51. The van der Waals surface area contributed by atoms with Gasteiger partial charge in [-0.3, -0.25) is 10.0 Å². The highest BCUT2D eigenvalue weighted by molar-refractivity contribution is 6.30. The minimum atomic E-state index is -1.20. The van der Waals surface area contributed by atoms with E-state index in [-0.39, 0.29) is 30.4 Å². The largest absolute Gasteiger partial charge is 0.363 e. The average Bonchev–Trinajstić information content (AvgIpc) is 3.12. The van der Waals surface area contributed by atoms with Gasteiger partial charge in [0, 0.05) is 17.8 Å². The van der Waals surface area contributed by atoms with Crippen LogP contribution < -0.4 is 16.1 Å². The third kappa shape index (κ3) is 6.83. The Bertz CT molecular complexity index is 826. The Morgan fingerprint density at radius 3 is 2.55 bits per heavy atom. The van der Waals surface area contributed by atoms with Gasteiger partial charge in [0.1, 0.15) is 5.82 Å². The van der Waals surface area contributed by atoms with Gasteiger partial charge in [0.05, 0.1) is 5.54 Å². The molecule has 2 aromatic rings. The molecule has 0 aliphatic carbocycles. The van der Waals surface area contributed by atoms with E-state index < -0.39 is 11.7 Å². The number of hydroxylamine groups is 1. The van der Waals surface area contributed by atoms with E-state index in [0.29, 0.717) is 16.4 Å². The molecule has 0 unspecified atom stereocenters. The monoisotopic (exact) mass is 462 g/mol. The standard InChI is InChI=1S/C19H20ClFN4O2.2ClH/c20-15-4-1-13(2-5-15)10-19(7-8-22-12-19)24-17-6-3-14(11-23-17)9-16(21)18(26)25-27;;/h1-6,9,11,22,27H,7-8,10,12H2,(H,23,24)(H,25,26);2*1H/b16-9-;;/t19-;;/m0../s1. The second-order valence-electron chi connectivity index (χ2n) is 6.55. The van der Waals surface area contributed by atoms with Crippen LogP contribution in [-0.2, 0) is 11.2 Å². The van der Waals surface area contributed by atoms with Crippen molar-refractivity contribution in [1.82, 2.24) is 15.8 Å². The van der Waals surface area contributed by atoms with Crippen LogP contribution in [0.1, 0.15) is 17.5 Å². The van der Waals surface area contributed by atoms with Gasteiger partial charge in [-0.05, 0) is 60.9 Å². The van der Waals surface area contributed by atoms with Gasteiger partial charge in [-0.2, -0.15) is 0 Å². The summed E-state index contributed by atoms with van der Waals surface area (Å²) in [5.74, 6) is -1.63. The maximum absolute atomic E-state index is 13.5. The molecule has 3 rings (SSSR count). The van der Waals surface area contributed by atoms with Crippen LogP contribution in [0.4, 0.5) is 10.2 Å². The molecule has 1 aliphatic rings. The molecule has 6 nitrogen and oxygen atoms in total. The van der Waals surface area contributed by atoms with Gasteiger partial charge in [0.15, 0.2) is 5.83 Å². The Morgan fingerprint density at radius 2 is 2.00 bits per heavy atom. The van der Waals surface area contributed by atoms with Crippen molar-refractivity contribution in [2.24, 2.45) is 0 Å². The fraction of sp³-hybridized carbons (Fsp3) is 0.263. The van der Waals surface area contributed by atoms with Gasteiger partial charge >= 0.3 is 5.91 Å². The number of nitrogens with zero attached hydrogens (tertiary/aromatic N) is 1. The number of nitrogens with one attached hydrogen (secondary N) is 3. The Labute approximate surface area is 185 Å². The summed E-state index contributed by atoms with van der Waals surface area (Å²) in [5.41, 5.74) is 2.65. The van der Waals surface area contributed by atoms with E-state index in [4.69, 9.17) is 16.8 Å².